The van der Waals surface area contributed by atoms with Crippen molar-refractivity contribution < 1.29 is 17.9 Å². The number of carbonyl (C=O) groups is 1. The smallest absolute Gasteiger partial charge is 0.251 e. The largest absolute Gasteiger partial charge is 0.494 e. The van der Waals surface area contributed by atoms with Gasteiger partial charge < -0.3 is 10.1 Å². The van der Waals surface area contributed by atoms with Crippen molar-refractivity contribution in [2.75, 3.05) is 36.7 Å². The van der Waals surface area contributed by atoms with E-state index in [9.17, 15) is 13.2 Å². The molecule has 1 aliphatic heterocycles. The molecular formula is C24H33N3O4S. The maximum atomic E-state index is 12.4. The summed E-state index contributed by atoms with van der Waals surface area (Å²) in [5.74, 6) is 0.581. The van der Waals surface area contributed by atoms with Crippen molar-refractivity contribution in [2.45, 2.75) is 39.2 Å². The van der Waals surface area contributed by atoms with E-state index in [0.717, 1.165) is 25.4 Å². The van der Waals surface area contributed by atoms with E-state index in [4.69, 9.17) is 4.74 Å². The summed E-state index contributed by atoms with van der Waals surface area (Å²) >= 11 is 0. The van der Waals surface area contributed by atoms with Gasteiger partial charge >= 0.3 is 0 Å². The monoisotopic (exact) mass is 459 g/mol. The Morgan fingerprint density at radius 3 is 2.62 bits per heavy atom. The van der Waals surface area contributed by atoms with Crippen LogP contribution in [0.4, 0.5) is 5.69 Å². The summed E-state index contributed by atoms with van der Waals surface area (Å²) in [6.07, 6.45) is 4.56. The van der Waals surface area contributed by atoms with Crippen molar-refractivity contribution in [2.24, 2.45) is 0 Å². The first-order chi connectivity index (χ1) is 15.4. The molecule has 7 nitrogen and oxygen atoms in total. The molecule has 2 N–H and O–H groups in total. The molecule has 1 aliphatic rings. The molecular weight excluding hydrogens is 426 g/mol. The first kappa shape index (κ1) is 24.1. The van der Waals surface area contributed by atoms with Gasteiger partial charge in [-0.2, -0.15) is 0 Å². The van der Waals surface area contributed by atoms with Crippen molar-refractivity contribution in [3.8, 4) is 5.75 Å². The van der Waals surface area contributed by atoms with E-state index in [1.807, 2.05) is 12.1 Å². The number of rotatable bonds is 11. The number of nitrogens with one attached hydrogen (secondary N) is 2. The van der Waals surface area contributed by atoms with E-state index in [0.29, 0.717) is 30.8 Å². The molecule has 3 rings (SSSR count). The predicted molar refractivity (Wildman–Crippen MR) is 128 cm³/mol. The van der Waals surface area contributed by atoms with Crippen molar-refractivity contribution in [1.82, 2.24) is 10.2 Å². The van der Waals surface area contributed by atoms with Gasteiger partial charge in [0.05, 0.1) is 12.4 Å². The number of nitrogens with zero attached hydrogens (tertiary/aromatic N) is 1. The summed E-state index contributed by atoms with van der Waals surface area (Å²) in [6.45, 7) is 5.82. The highest BCUT2D eigenvalue weighted by atomic mass is 32.2. The van der Waals surface area contributed by atoms with Crippen LogP contribution in [0.25, 0.3) is 0 Å². The molecule has 1 amide bonds. The average molecular weight is 460 g/mol. The van der Waals surface area contributed by atoms with Crippen LogP contribution in [-0.4, -0.2) is 51.2 Å². The SMILES string of the molecule is CCS(=O)(=O)Nc1cccc(C(=O)NCCCOc2cccc(CN3CCCCC3)c2)c1. The van der Waals surface area contributed by atoms with Crippen molar-refractivity contribution in [1.29, 1.82) is 0 Å². The first-order valence-corrected chi connectivity index (χ1v) is 12.9. The van der Waals surface area contributed by atoms with E-state index in [-0.39, 0.29) is 11.7 Å². The van der Waals surface area contributed by atoms with Crippen LogP contribution >= 0.6 is 0 Å². The number of benzene rings is 2. The van der Waals surface area contributed by atoms with E-state index in [2.05, 4.69) is 27.1 Å². The van der Waals surface area contributed by atoms with E-state index < -0.39 is 10.0 Å². The van der Waals surface area contributed by atoms with Gasteiger partial charge in [-0.25, -0.2) is 8.42 Å². The number of sulfonamides is 1. The quantitative estimate of drug-likeness (QED) is 0.501. The Hall–Kier alpha value is -2.58. The molecule has 0 saturated carbocycles. The molecule has 2 aromatic carbocycles. The third kappa shape index (κ3) is 7.84. The van der Waals surface area contributed by atoms with E-state index in [1.165, 1.54) is 30.9 Å². The van der Waals surface area contributed by atoms with Gasteiger partial charge in [0.25, 0.3) is 5.91 Å². The minimum atomic E-state index is -3.38. The van der Waals surface area contributed by atoms with Crippen LogP contribution < -0.4 is 14.8 Å². The number of piperidine rings is 1. The molecule has 0 aromatic heterocycles. The van der Waals surface area contributed by atoms with Gasteiger partial charge in [0.2, 0.25) is 10.0 Å². The normalized spacial score (nSPS) is 14.7. The lowest BCUT2D eigenvalue weighted by molar-refractivity contribution is 0.0951. The maximum absolute atomic E-state index is 12.4. The van der Waals surface area contributed by atoms with Crippen molar-refractivity contribution in [3.63, 3.8) is 0 Å². The fourth-order valence-corrected chi connectivity index (χ4v) is 4.28. The van der Waals surface area contributed by atoms with Gasteiger partial charge in [0.1, 0.15) is 5.75 Å². The highest BCUT2D eigenvalue weighted by molar-refractivity contribution is 7.92. The number of likely N-dealkylation sites (tertiary alicyclic amines) is 1. The zero-order valence-corrected chi connectivity index (χ0v) is 19.5. The Morgan fingerprint density at radius 1 is 1.06 bits per heavy atom. The summed E-state index contributed by atoms with van der Waals surface area (Å²) in [5.41, 5.74) is 2.05. The van der Waals surface area contributed by atoms with Crippen LogP contribution in [-0.2, 0) is 16.6 Å². The van der Waals surface area contributed by atoms with Crippen LogP contribution in [0, 0.1) is 0 Å². The number of hydrogen-bond acceptors (Lipinski definition) is 5. The molecule has 1 heterocycles. The molecule has 0 radical (unpaired) electrons. The summed E-state index contributed by atoms with van der Waals surface area (Å²) < 4.78 is 31.7. The Morgan fingerprint density at radius 2 is 1.84 bits per heavy atom. The summed E-state index contributed by atoms with van der Waals surface area (Å²) in [6, 6.07) is 14.7. The lowest BCUT2D eigenvalue weighted by Crippen LogP contribution is -2.29. The van der Waals surface area contributed by atoms with Gasteiger partial charge in [-0.15, -0.1) is 0 Å². The second-order valence-electron chi connectivity index (χ2n) is 8.03. The van der Waals surface area contributed by atoms with Gasteiger partial charge in [-0.3, -0.25) is 14.4 Å². The predicted octanol–water partition coefficient (Wildman–Crippen LogP) is 3.63. The zero-order chi connectivity index (χ0) is 22.8. The summed E-state index contributed by atoms with van der Waals surface area (Å²) in [4.78, 5) is 14.9. The lowest BCUT2D eigenvalue weighted by Gasteiger charge is -2.26. The second kappa shape index (κ2) is 11.9. The zero-order valence-electron chi connectivity index (χ0n) is 18.7. The molecule has 32 heavy (non-hydrogen) atoms. The standard InChI is InChI=1S/C24H33N3O4S/c1-2-32(29,30)26-22-11-7-10-21(18-22)24(28)25-13-8-16-31-23-12-6-9-20(17-23)19-27-14-4-3-5-15-27/h6-7,9-12,17-18,26H,2-5,8,13-16,19H2,1H3,(H,25,28). The molecule has 0 aliphatic carbocycles. The highest BCUT2D eigenvalue weighted by Crippen LogP contribution is 2.18. The Labute approximate surface area is 191 Å². The molecule has 0 bridgehead atoms. The lowest BCUT2D eigenvalue weighted by atomic mass is 10.1. The number of hydrogen-bond donors (Lipinski definition) is 2. The molecule has 1 fully saturated rings. The highest BCUT2D eigenvalue weighted by Gasteiger charge is 2.11. The molecule has 8 heteroatoms. The van der Waals surface area contributed by atoms with Crippen LogP contribution in [0.1, 0.15) is 48.5 Å². The minimum absolute atomic E-state index is 0.0232. The fourth-order valence-electron chi connectivity index (χ4n) is 3.65. The summed E-state index contributed by atoms with van der Waals surface area (Å²) in [7, 11) is -3.38. The number of ether oxygens (including phenoxy) is 1. The van der Waals surface area contributed by atoms with Crippen LogP contribution in [0.15, 0.2) is 48.5 Å². The minimum Gasteiger partial charge on any atom is -0.494 e. The third-order valence-electron chi connectivity index (χ3n) is 5.41. The van der Waals surface area contributed by atoms with Gasteiger partial charge in [0.15, 0.2) is 0 Å². The third-order valence-corrected chi connectivity index (χ3v) is 6.71. The first-order valence-electron chi connectivity index (χ1n) is 11.3. The molecule has 1 saturated heterocycles. The van der Waals surface area contributed by atoms with Gasteiger partial charge in [0, 0.05) is 24.3 Å². The van der Waals surface area contributed by atoms with Gasteiger partial charge in [-0.05, 0) is 75.2 Å². The maximum Gasteiger partial charge on any atom is 0.251 e. The Kier molecular flexibility index (Phi) is 8.93. The Balaban J connectivity index is 1.40. The number of carbonyl (C=O) groups excluding carboxylic acids is 1. The molecule has 2 aromatic rings. The molecule has 0 atom stereocenters. The fraction of sp³-hybridized carbons (Fsp3) is 0.458. The van der Waals surface area contributed by atoms with E-state index >= 15 is 0 Å². The number of anilines is 1. The van der Waals surface area contributed by atoms with Crippen LogP contribution in [0.3, 0.4) is 0 Å². The average Bonchev–Trinajstić information content (AvgIpc) is 2.79. The molecule has 0 spiro atoms. The van der Waals surface area contributed by atoms with Gasteiger partial charge in [-0.1, -0.05) is 24.6 Å². The van der Waals surface area contributed by atoms with E-state index in [1.54, 1.807) is 25.1 Å². The van der Waals surface area contributed by atoms with Crippen LogP contribution in [0.2, 0.25) is 0 Å². The molecule has 0 unspecified atom stereocenters. The van der Waals surface area contributed by atoms with Crippen molar-refractivity contribution >= 4 is 21.6 Å². The Bertz CT molecular complexity index is 988. The molecule has 174 valence electrons. The topological polar surface area (TPSA) is 87.7 Å². The van der Waals surface area contributed by atoms with Crippen molar-refractivity contribution in [3.05, 3.63) is 59.7 Å². The second-order valence-corrected chi connectivity index (χ2v) is 10.0. The summed E-state index contributed by atoms with van der Waals surface area (Å²) in [5, 5.41) is 2.85. The van der Waals surface area contributed by atoms with Crippen LogP contribution in [0.5, 0.6) is 5.75 Å². The number of amides is 1.